The van der Waals surface area contributed by atoms with Crippen LogP contribution in [0.2, 0.25) is 0 Å². The number of rotatable bonds is 9. The first-order valence-corrected chi connectivity index (χ1v) is 11.5. The van der Waals surface area contributed by atoms with Gasteiger partial charge in [0, 0.05) is 12.8 Å². The van der Waals surface area contributed by atoms with Gasteiger partial charge in [0.2, 0.25) is 0 Å². The summed E-state index contributed by atoms with van der Waals surface area (Å²) < 4.78 is 20.8. The SMILES string of the molecule is O=C(CCC(CP(=O)(O)O)C(=O)OC(=O)CC1CCCC1)OC(=O)c1ccccc1. The average molecular weight is 440 g/mol. The zero-order valence-corrected chi connectivity index (χ0v) is 17.3. The summed E-state index contributed by atoms with van der Waals surface area (Å²) >= 11 is 0. The van der Waals surface area contributed by atoms with E-state index in [2.05, 4.69) is 4.74 Å². The second kappa shape index (κ2) is 11.2. The van der Waals surface area contributed by atoms with Gasteiger partial charge in [-0.2, -0.15) is 0 Å². The van der Waals surface area contributed by atoms with Crippen molar-refractivity contribution in [2.24, 2.45) is 11.8 Å². The molecule has 0 heterocycles. The number of carbonyl (C=O) groups is 4. The molecule has 0 amide bonds. The molecule has 0 aliphatic heterocycles. The molecule has 10 heteroatoms. The van der Waals surface area contributed by atoms with Crippen LogP contribution >= 0.6 is 7.60 Å². The summed E-state index contributed by atoms with van der Waals surface area (Å²) in [6, 6.07) is 7.79. The van der Waals surface area contributed by atoms with Gasteiger partial charge in [0.1, 0.15) is 0 Å². The lowest BCUT2D eigenvalue weighted by Gasteiger charge is -2.16. The molecule has 0 spiro atoms. The normalized spacial score (nSPS) is 15.4. The Morgan fingerprint density at radius 1 is 1.00 bits per heavy atom. The molecule has 1 aromatic rings. The molecule has 2 N–H and O–H groups in total. The van der Waals surface area contributed by atoms with E-state index in [1.165, 1.54) is 12.1 Å². The van der Waals surface area contributed by atoms with E-state index in [0.717, 1.165) is 25.7 Å². The standard InChI is InChI=1S/C20H25O9P/c21-17(28-19(23)15-8-2-1-3-9-15)11-10-16(13-30(25,26)27)20(24)29-18(22)12-14-6-4-5-7-14/h1-3,8-9,14,16H,4-7,10-13H2,(H2,25,26,27). The van der Waals surface area contributed by atoms with Crippen molar-refractivity contribution >= 4 is 31.5 Å². The van der Waals surface area contributed by atoms with Crippen molar-refractivity contribution in [1.29, 1.82) is 0 Å². The van der Waals surface area contributed by atoms with E-state index in [-0.39, 0.29) is 24.3 Å². The Balaban J connectivity index is 1.89. The van der Waals surface area contributed by atoms with E-state index >= 15 is 0 Å². The smallest absolute Gasteiger partial charge is 0.345 e. The van der Waals surface area contributed by atoms with Gasteiger partial charge in [-0.3, -0.25) is 18.9 Å². The maximum absolute atomic E-state index is 12.3. The van der Waals surface area contributed by atoms with Gasteiger partial charge in [0.25, 0.3) is 0 Å². The molecular weight excluding hydrogens is 415 g/mol. The monoisotopic (exact) mass is 440 g/mol. The summed E-state index contributed by atoms with van der Waals surface area (Å²) in [5, 5.41) is 0. The molecule has 164 valence electrons. The van der Waals surface area contributed by atoms with Crippen LogP contribution in [-0.2, 0) is 28.4 Å². The van der Waals surface area contributed by atoms with Crippen LogP contribution in [0.3, 0.4) is 0 Å². The zero-order valence-electron chi connectivity index (χ0n) is 16.4. The predicted octanol–water partition coefficient (Wildman–Crippen LogP) is 2.59. The van der Waals surface area contributed by atoms with E-state index < -0.39 is 50.0 Å². The van der Waals surface area contributed by atoms with E-state index in [4.69, 9.17) is 4.74 Å². The molecule has 30 heavy (non-hydrogen) atoms. The van der Waals surface area contributed by atoms with E-state index in [1.807, 2.05) is 0 Å². The molecule has 1 atom stereocenters. The minimum absolute atomic E-state index is 0.0714. The average Bonchev–Trinajstić information content (AvgIpc) is 3.17. The number of hydrogen-bond donors (Lipinski definition) is 2. The van der Waals surface area contributed by atoms with Crippen LogP contribution in [0.4, 0.5) is 0 Å². The van der Waals surface area contributed by atoms with Crippen molar-refractivity contribution in [2.75, 3.05) is 6.16 Å². The Labute approximate surface area is 173 Å². The molecule has 0 radical (unpaired) electrons. The molecule has 2 rings (SSSR count). The van der Waals surface area contributed by atoms with Crippen LogP contribution in [0.5, 0.6) is 0 Å². The summed E-state index contributed by atoms with van der Waals surface area (Å²) in [4.78, 5) is 66.4. The van der Waals surface area contributed by atoms with Crippen molar-refractivity contribution in [3.63, 3.8) is 0 Å². The predicted molar refractivity (Wildman–Crippen MR) is 104 cm³/mol. The number of esters is 4. The minimum atomic E-state index is -4.61. The molecule has 1 saturated carbocycles. The Bertz CT molecular complexity index is 809. The Kier molecular flexibility index (Phi) is 8.89. The topological polar surface area (TPSA) is 144 Å². The van der Waals surface area contributed by atoms with Crippen LogP contribution in [0.1, 0.15) is 55.3 Å². The third kappa shape index (κ3) is 8.57. The van der Waals surface area contributed by atoms with Gasteiger partial charge in [0.15, 0.2) is 0 Å². The summed E-state index contributed by atoms with van der Waals surface area (Å²) in [6.45, 7) is 0. The van der Waals surface area contributed by atoms with Crippen molar-refractivity contribution in [2.45, 2.75) is 44.9 Å². The lowest BCUT2D eigenvalue weighted by Crippen LogP contribution is -2.26. The Morgan fingerprint density at radius 3 is 2.23 bits per heavy atom. The van der Waals surface area contributed by atoms with Crippen molar-refractivity contribution < 1.29 is 43.0 Å². The fourth-order valence-electron chi connectivity index (χ4n) is 3.34. The van der Waals surface area contributed by atoms with E-state index in [0.29, 0.717) is 0 Å². The third-order valence-corrected chi connectivity index (χ3v) is 5.77. The second-order valence-electron chi connectivity index (χ2n) is 7.36. The van der Waals surface area contributed by atoms with Crippen molar-refractivity contribution in [1.82, 2.24) is 0 Å². The van der Waals surface area contributed by atoms with Crippen LogP contribution in [0, 0.1) is 11.8 Å². The zero-order chi connectivity index (χ0) is 22.1. The van der Waals surface area contributed by atoms with Gasteiger partial charge >= 0.3 is 31.5 Å². The summed E-state index contributed by atoms with van der Waals surface area (Å²) in [5.41, 5.74) is 0.162. The highest BCUT2D eigenvalue weighted by atomic mass is 31.2. The Morgan fingerprint density at radius 2 is 1.63 bits per heavy atom. The van der Waals surface area contributed by atoms with Gasteiger partial charge in [-0.1, -0.05) is 31.0 Å². The number of ether oxygens (including phenoxy) is 2. The molecule has 9 nitrogen and oxygen atoms in total. The highest BCUT2D eigenvalue weighted by molar-refractivity contribution is 7.51. The number of benzene rings is 1. The highest BCUT2D eigenvalue weighted by Gasteiger charge is 2.32. The molecule has 1 aliphatic rings. The van der Waals surface area contributed by atoms with Crippen LogP contribution in [0.15, 0.2) is 30.3 Å². The first-order chi connectivity index (χ1) is 14.1. The minimum Gasteiger partial charge on any atom is -0.393 e. The molecule has 0 saturated heterocycles. The maximum atomic E-state index is 12.3. The second-order valence-corrected chi connectivity index (χ2v) is 9.05. The fourth-order valence-corrected chi connectivity index (χ4v) is 4.24. The van der Waals surface area contributed by atoms with Crippen LogP contribution in [-0.4, -0.2) is 39.8 Å². The number of hydrogen-bond acceptors (Lipinski definition) is 7. The van der Waals surface area contributed by atoms with Gasteiger partial charge in [-0.15, -0.1) is 0 Å². The highest BCUT2D eigenvalue weighted by Crippen LogP contribution is 2.38. The molecule has 1 aromatic carbocycles. The first kappa shape index (κ1) is 23.9. The third-order valence-electron chi connectivity index (χ3n) is 4.85. The Hall–Kier alpha value is -2.35. The van der Waals surface area contributed by atoms with E-state index in [1.54, 1.807) is 18.2 Å². The van der Waals surface area contributed by atoms with E-state index in [9.17, 15) is 33.5 Å². The molecule has 1 unspecified atom stereocenters. The molecule has 1 fully saturated rings. The molecule has 0 aromatic heterocycles. The van der Waals surface area contributed by atoms with Crippen molar-refractivity contribution in [3.8, 4) is 0 Å². The van der Waals surface area contributed by atoms with Crippen LogP contribution < -0.4 is 0 Å². The van der Waals surface area contributed by atoms with Gasteiger partial charge < -0.3 is 19.3 Å². The number of carbonyl (C=O) groups excluding carboxylic acids is 4. The largest absolute Gasteiger partial charge is 0.393 e. The lowest BCUT2D eigenvalue weighted by atomic mass is 10.0. The first-order valence-electron chi connectivity index (χ1n) is 9.73. The quantitative estimate of drug-likeness (QED) is 0.336. The van der Waals surface area contributed by atoms with Gasteiger partial charge in [-0.25, -0.2) is 4.79 Å². The van der Waals surface area contributed by atoms with Gasteiger partial charge in [-0.05, 0) is 37.3 Å². The van der Waals surface area contributed by atoms with Gasteiger partial charge in [0.05, 0.1) is 17.6 Å². The van der Waals surface area contributed by atoms with Crippen molar-refractivity contribution in [3.05, 3.63) is 35.9 Å². The summed E-state index contributed by atoms with van der Waals surface area (Å²) in [5.74, 6) is -4.90. The summed E-state index contributed by atoms with van der Waals surface area (Å²) in [7, 11) is -4.61. The molecule has 1 aliphatic carbocycles. The molecule has 0 bridgehead atoms. The maximum Gasteiger partial charge on any atom is 0.345 e. The summed E-state index contributed by atoms with van der Waals surface area (Å²) in [6.07, 6.45) is 2.18. The fraction of sp³-hybridized carbons (Fsp3) is 0.500. The van der Waals surface area contributed by atoms with Crippen LogP contribution in [0.25, 0.3) is 0 Å². The molecular formula is C20H25O9P. The lowest BCUT2D eigenvalue weighted by molar-refractivity contribution is -0.163.